The molecule has 0 radical (unpaired) electrons. The van der Waals surface area contributed by atoms with Gasteiger partial charge in [0.15, 0.2) is 0 Å². The van der Waals surface area contributed by atoms with E-state index in [2.05, 4.69) is 25.7 Å². The number of fused-ring (bicyclic) bond motifs is 1. The van der Waals surface area contributed by atoms with Crippen molar-refractivity contribution in [3.63, 3.8) is 0 Å². The maximum atomic E-state index is 12.2. The van der Waals surface area contributed by atoms with Crippen molar-refractivity contribution in [3.8, 4) is 11.3 Å². The third-order valence-electron chi connectivity index (χ3n) is 3.82. The molecule has 1 aromatic carbocycles. The fourth-order valence-electron chi connectivity index (χ4n) is 2.52. The molecule has 24 heavy (non-hydrogen) atoms. The molecule has 1 amide bonds. The smallest absolute Gasteiger partial charge is 0.254 e. The number of aromatic nitrogens is 4. The van der Waals surface area contributed by atoms with E-state index in [1.54, 1.807) is 11.6 Å². The predicted octanol–water partition coefficient (Wildman–Crippen LogP) is 1.97. The first-order chi connectivity index (χ1) is 11.6. The first-order valence-electron chi connectivity index (χ1n) is 7.84. The van der Waals surface area contributed by atoms with Crippen LogP contribution in [-0.4, -0.2) is 38.6 Å². The average Bonchev–Trinajstić information content (AvgIpc) is 3.08. The summed E-state index contributed by atoms with van der Waals surface area (Å²) >= 11 is 0. The van der Waals surface area contributed by atoms with Crippen molar-refractivity contribution in [1.82, 2.24) is 24.9 Å². The van der Waals surface area contributed by atoms with Crippen molar-refractivity contribution >= 4 is 17.5 Å². The third-order valence-corrected chi connectivity index (χ3v) is 3.82. The van der Waals surface area contributed by atoms with Gasteiger partial charge in [0.25, 0.3) is 5.78 Å². The summed E-state index contributed by atoms with van der Waals surface area (Å²) in [5, 5.41) is 10.2. The minimum absolute atomic E-state index is 0.0728. The van der Waals surface area contributed by atoms with Crippen molar-refractivity contribution < 1.29 is 4.79 Å². The second-order valence-corrected chi connectivity index (χ2v) is 5.84. The van der Waals surface area contributed by atoms with E-state index in [1.165, 1.54) is 6.33 Å². The highest BCUT2D eigenvalue weighted by molar-refractivity contribution is 5.84. The molecule has 1 atom stereocenters. The van der Waals surface area contributed by atoms with Gasteiger partial charge in [0.05, 0.1) is 5.69 Å². The highest BCUT2D eigenvalue weighted by Crippen LogP contribution is 2.22. The van der Waals surface area contributed by atoms with Gasteiger partial charge in [-0.25, -0.2) is 4.98 Å². The predicted molar refractivity (Wildman–Crippen MR) is 92.5 cm³/mol. The second-order valence-electron chi connectivity index (χ2n) is 5.84. The molecule has 2 N–H and O–H groups in total. The Bertz CT molecular complexity index is 843. The van der Waals surface area contributed by atoms with Crippen LogP contribution >= 0.6 is 0 Å². The Labute approximate surface area is 140 Å². The summed E-state index contributed by atoms with van der Waals surface area (Å²) in [6, 6.07) is 11.3. The Morgan fingerprint density at radius 1 is 1.21 bits per heavy atom. The Hall–Kier alpha value is -2.96. The van der Waals surface area contributed by atoms with Crippen LogP contribution in [0.25, 0.3) is 17.0 Å². The van der Waals surface area contributed by atoms with E-state index in [-0.39, 0.29) is 17.9 Å². The highest BCUT2D eigenvalue weighted by Gasteiger charge is 2.22. The molecule has 2 aromatic heterocycles. The second kappa shape index (κ2) is 6.66. The zero-order valence-corrected chi connectivity index (χ0v) is 13.9. The van der Waals surface area contributed by atoms with Gasteiger partial charge in [-0.15, -0.1) is 0 Å². The van der Waals surface area contributed by atoms with Gasteiger partial charge in [-0.2, -0.15) is 14.6 Å². The van der Waals surface area contributed by atoms with Crippen LogP contribution in [0.3, 0.4) is 0 Å². The monoisotopic (exact) mass is 324 g/mol. The van der Waals surface area contributed by atoms with Crippen molar-refractivity contribution in [2.45, 2.75) is 19.9 Å². The van der Waals surface area contributed by atoms with E-state index >= 15 is 0 Å². The molecule has 7 nitrogen and oxygen atoms in total. The third kappa shape index (κ3) is 3.05. The molecule has 3 rings (SSSR count). The summed E-state index contributed by atoms with van der Waals surface area (Å²) in [5.41, 5.74) is 1.75. The van der Waals surface area contributed by atoms with Crippen LogP contribution < -0.4 is 10.6 Å². The van der Waals surface area contributed by atoms with Gasteiger partial charge >= 0.3 is 0 Å². The van der Waals surface area contributed by atoms with Crippen LogP contribution in [0.5, 0.6) is 0 Å². The van der Waals surface area contributed by atoms with E-state index in [1.807, 2.05) is 50.2 Å². The Morgan fingerprint density at radius 3 is 2.62 bits per heavy atom. The van der Waals surface area contributed by atoms with Gasteiger partial charge in [-0.1, -0.05) is 44.2 Å². The lowest BCUT2D eigenvalue weighted by molar-refractivity contribution is -0.122. The van der Waals surface area contributed by atoms with E-state index in [4.69, 9.17) is 0 Å². The number of rotatable bonds is 5. The lowest BCUT2D eigenvalue weighted by atomic mass is 10.0. The van der Waals surface area contributed by atoms with Crippen molar-refractivity contribution in [3.05, 3.63) is 42.7 Å². The molecule has 0 saturated heterocycles. The molecule has 0 bridgehead atoms. The Kier molecular flexibility index (Phi) is 4.41. The lowest BCUT2D eigenvalue weighted by Gasteiger charge is -2.22. The zero-order chi connectivity index (χ0) is 17.1. The Morgan fingerprint density at radius 2 is 1.96 bits per heavy atom. The summed E-state index contributed by atoms with van der Waals surface area (Å²) in [6.07, 6.45) is 1.45. The van der Waals surface area contributed by atoms with Gasteiger partial charge in [-0.05, 0) is 5.92 Å². The van der Waals surface area contributed by atoms with E-state index in [0.29, 0.717) is 11.6 Å². The number of likely N-dealkylation sites (N-methyl/N-ethyl adjacent to an activating group) is 1. The minimum Gasteiger partial charge on any atom is -0.358 e. The molecule has 3 aromatic rings. The normalized spacial score (nSPS) is 12.3. The van der Waals surface area contributed by atoms with Crippen molar-refractivity contribution in [1.29, 1.82) is 0 Å². The molecule has 0 aliphatic carbocycles. The number of nitrogens with one attached hydrogen (secondary N) is 2. The summed E-state index contributed by atoms with van der Waals surface area (Å²) in [5.74, 6) is 1.20. The number of hydrogen-bond acceptors (Lipinski definition) is 5. The molecule has 0 aliphatic rings. The highest BCUT2D eigenvalue weighted by atomic mass is 16.2. The van der Waals surface area contributed by atoms with Crippen LogP contribution in [0.15, 0.2) is 42.7 Å². The molecule has 124 valence electrons. The largest absolute Gasteiger partial charge is 0.358 e. The van der Waals surface area contributed by atoms with Gasteiger partial charge in [-0.3, -0.25) is 4.79 Å². The standard InChI is InChI=1S/C17H20N6O/c1-11(2)15(16(24)18-3)22-14-9-13(12-7-5-4-6-8-12)21-17-19-10-20-23(14)17/h4-11,15,22H,1-3H3,(H,18,24). The summed E-state index contributed by atoms with van der Waals surface area (Å²) < 4.78 is 1.60. The van der Waals surface area contributed by atoms with Crippen molar-refractivity contribution in [2.75, 3.05) is 12.4 Å². The van der Waals surface area contributed by atoms with Gasteiger partial charge in [0.1, 0.15) is 18.2 Å². The van der Waals surface area contributed by atoms with Crippen LogP contribution in [0.2, 0.25) is 0 Å². The number of hydrogen-bond donors (Lipinski definition) is 2. The topological polar surface area (TPSA) is 84.2 Å². The van der Waals surface area contributed by atoms with Gasteiger partial charge < -0.3 is 10.6 Å². The number of nitrogens with zero attached hydrogens (tertiary/aromatic N) is 4. The van der Waals surface area contributed by atoms with Crippen molar-refractivity contribution in [2.24, 2.45) is 5.92 Å². The quantitative estimate of drug-likeness (QED) is 0.749. The molecule has 2 heterocycles. The van der Waals surface area contributed by atoms with Crippen LogP contribution in [-0.2, 0) is 4.79 Å². The van der Waals surface area contributed by atoms with E-state index in [0.717, 1.165) is 11.3 Å². The fourth-order valence-corrected chi connectivity index (χ4v) is 2.52. The van der Waals surface area contributed by atoms with Crippen LogP contribution in [0.4, 0.5) is 5.82 Å². The summed E-state index contributed by atoms with van der Waals surface area (Å²) in [6.45, 7) is 3.98. The minimum atomic E-state index is -0.381. The summed E-state index contributed by atoms with van der Waals surface area (Å²) in [7, 11) is 1.63. The molecule has 1 unspecified atom stereocenters. The lowest BCUT2D eigenvalue weighted by Crippen LogP contribution is -2.41. The molecular formula is C17H20N6O. The van der Waals surface area contributed by atoms with Gasteiger partial charge in [0, 0.05) is 18.7 Å². The maximum Gasteiger partial charge on any atom is 0.254 e. The zero-order valence-electron chi connectivity index (χ0n) is 13.9. The maximum absolute atomic E-state index is 12.2. The summed E-state index contributed by atoms with van der Waals surface area (Å²) in [4.78, 5) is 20.9. The number of benzene rings is 1. The first-order valence-corrected chi connectivity index (χ1v) is 7.84. The molecule has 7 heteroatoms. The Balaban J connectivity index is 2.06. The van der Waals surface area contributed by atoms with E-state index in [9.17, 15) is 4.79 Å². The molecule has 0 spiro atoms. The molecule has 0 fully saturated rings. The van der Waals surface area contributed by atoms with Crippen LogP contribution in [0.1, 0.15) is 13.8 Å². The fraction of sp³-hybridized carbons (Fsp3) is 0.294. The average molecular weight is 324 g/mol. The first kappa shape index (κ1) is 15.9. The molecule has 0 aliphatic heterocycles. The van der Waals surface area contributed by atoms with Gasteiger partial charge in [0.2, 0.25) is 5.91 Å². The number of carbonyl (C=O) groups excluding carboxylic acids is 1. The SMILES string of the molecule is CNC(=O)C(Nc1cc(-c2ccccc2)nc2ncnn12)C(C)C. The number of anilines is 1. The van der Waals surface area contributed by atoms with E-state index < -0.39 is 0 Å². The number of carbonyl (C=O) groups is 1. The molecular weight excluding hydrogens is 304 g/mol. The van der Waals surface area contributed by atoms with Crippen LogP contribution in [0, 0.1) is 5.92 Å². The number of amides is 1. The molecule has 0 saturated carbocycles.